The van der Waals surface area contributed by atoms with Crippen LogP contribution in [0.1, 0.15) is 16.1 Å². The fourth-order valence-electron chi connectivity index (χ4n) is 2.15. The van der Waals surface area contributed by atoms with Crippen molar-refractivity contribution in [2.45, 2.75) is 0 Å². The first-order valence-corrected chi connectivity index (χ1v) is 8.45. The molecule has 25 heavy (non-hydrogen) atoms. The zero-order valence-corrected chi connectivity index (χ0v) is 14.8. The Morgan fingerprint density at radius 3 is 2.76 bits per heavy atom. The van der Waals surface area contributed by atoms with Gasteiger partial charge in [0.1, 0.15) is 5.75 Å². The second-order valence-electron chi connectivity index (χ2n) is 4.91. The van der Waals surface area contributed by atoms with Gasteiger partial charge in [0, 0.05) is 6.20 Å². The standard InChI is InChI=1S/C17H13N3O3S2/c1-23-13-8-3-2-7-12(13)15(21)19-20-16(22)14(25-17(20)24)10-11-6-4-5-9-18-11/h2-10H,1H3,(H,19,21). The van der Waals surface area contributed by atoms with Gasteiger partial charge in [-0.1, -0.05) is 30.0 Å². The summed E-state index contributed by atoms with van der Waals surface area (Å²) in [5.74, 6) is -0.466. The van der Waals surface area contributed by atoms with Gasteiger partial charge in [-0.15, -0.1) is 0 Å². The summed E-state index contributed by atoms with van der Waals surface area (Å²) < 4.78 is 5.41. The number of hydrazine groups is 1. The predicted octanol–water partition coefficient (Wildman–Crippen LogP) is 2.64. The first-order chi connectivity index (χ1) is 12.1. The minimum Gasteiger partial charge on any atom is -0.496 e. The fraction of sp³-hybridized carbons (Fsp3) is 0.0588. The molecular weight excluding hydrogens is 358 g/mol. The molecule has 0 spiro atoms. The minimum absolute atomic E-state index is 0.246. The zero-order valence-electron chi connectivity index (χ0n) is 13.1. The number of para-hydroxylation sites is 1. The van der Waals surface area contributed by atoms with Gasteiger partial charge in [0.15, 0.2) is 4.32 Å². The highest BCUT2D eigenvalue weighted by molar-refractivity contribution is 8.26. The molecule has 6 nitrogen and oxygen atoms in total. The van der Waals surface area contributed by atoms with Crippen LogP contribution < -0.4 is 10.2 Å². The van der Waals surface area contributed by atoms with Crippen molar-refractivity contribution >= 4 is 46.2 Å². The quantitative estimate of drug-likeness (QED) is 0.658. The molecule has 0 radical (unpaired) electrons. The Balaban J connectivity index is 1.79. The first-order valence-electron chi connectivity index (χ1n) is 7.23. The number of nitrogens with zero attached hydrogens (tertiary/aromatic N) is 2. The van der Waals surface area contributed by atoms with Crippen molar-refractivity contribution in [3.8, 4) is 5.75 Å². The lowest BCUT2D eigenvalue weighted by atomic mass is 10.2. The molecular formula is C17H13N3O3S2. The number of thiocarbonyl (C=S) groups is 1. The Kier molecular flexibility index (Phi) is 5.11. The molecule has 1 aliphatic rings. The summed E-state index contributed by atoms with van der Waals surface area (Å²) in [4.78, 5) is 29.5. The third-order valence-electron chi connectivity index (χ3n) is 3.33. The SMILES string of the molecule is COc1ccccc1C(=O)NN1C(=O)C(=Cc2ccccn2)SC1=S. The van der Waals surface area contributed by atoms with E-state index in [0.29, 0.717) is 21.9 Å². The van der Waals surface area contributed by atoms with Crippen LogP contribution in [0.4, 0.5) is 0 Å². The van der Waals surface area contributed by atoms with Crippen molar-refractivity contribution in [3.05, 3.63) is 64.8 Å². The number of aromatic nitrogens is 1. The lowest BCUT2D eigenvalue weighted by molar-refractivity contribution is -0.123. The summed E-state index contributed by atoms with van der Waals surface area (Å²) >= 11 is 6.31. The third-order valence-corrected chi connectivity index (χ3v) is 4.63. The molecule has 1 aromatic carbocycles. The smallest absolute Gasteiger partial charge is 0.285 e. The van der Waals surface area contributed by atoms with Crippen LogP contribution in [0.5, 0.6) is 5.75 Å². The van der Waals surface area contributed by atoms with E-state index in [1.54, 1.807) is 48.7 Å². The van der Waals surface area contributed by atoms with Gasteiger partial charge in [-0.2, -0.15) is 5.01 Å². The average molecular weight is 371 g/mol. The number of benzene rings is 1. The van der Waals surface area contributed by atoms with Crippen LogP contribution in [0.25, 0.3) is 6.08 Å². The highest BCUT2D eigenvalue weighted by atomic mass is 32.2. The van der Waals surface area contributed by atoms with E-state index in [-0.39, 0.29) is 4.32 Å². The zero-order chi connectivity index (χ0) is 17.8. The van der Waals surface area contributed by atoms with Crippen molar-refractivity contribution in [3.63, 3.8) is 0 Å². The Morgan fingerprint density at radius 1 is 1.28 bits per heavy atom. The van der Waals surface area contributed by atoms with Gasteiger partial charge >= 0.3 is 0 Å². The van der Waals surface area contributed by atoms with Crippen LogP contribution in [0, 0.1) is 0 Å². The second-order valence-corrected chi connectivity index (χ2v) is 6.59. The molecule has 1 aliphatic heterocycles. The van der Waals surface area contributed by atoms with E-state index >= 15 is 0 Å². The molecule has 1 aromatic heterocycles. The van der Waals surface area contributed by atoms with Crippen molar-refractivity contribution in [2.75, 3.05) is 7.11 Å². The Morgan fingerprint density at radius 2 is 2.04 bits per heavy atom. The van der Waals surface area contributed by atoms with Gasteiger partial charge in [-0.25, -0.2) is 0 Å². The van der Waals surface area contributed by atoms with Crippen LogP contribution in [-0.2, 0) is 4.79 Å². The number of hydrogen-bond acceptors (Lipinski definition) is 6. The number of amides is 2. The first kappa shape index (κ1) is 17.1. The van der Waals surface area contributed by atoms with Crippen LogP contribution in [-0.4, -0.2) is 33.2 Å². The number of carbonyl (C=O) groups excluding carboxylic acids is 2. The molecule has 1 N–H and O–H groups in total. The Labute approximate surface area is 153 Å². The molecule has 0 unspecified atom stereocenters. The van der Waals surface area contributed by atoms with E-state index in [1.165, 1.54) is 7.11 Å². The molecule has 0 saturated carbocycles. The molecule has 0 atom stereocenters. The molecule has 0 aliphatic carbocycles. The van der Waals surface area contributed by atoms with Crippen molar-refractivity contribution in [1.82, 2.24) is 15.4 Å². The van der Waals surface area contributed by atoms with Crippen molar-refractivity contribution in [1.29, 1.82) is 0 Å². The largest absolute Gasteiger partial charge is 0.496 e. The maximum atomic E-state index is 12.5. The minimum atomic E-state index is -0.479. The Hall–Kier alpha value is -2.71. The maximum absolute atomic E-state index is 12.5. The number of pyridine rings is 1. The van der Waals surface area contributed by atoms with Crippen molar-refractivity contribution < 1.29 is 14.3 Å². The van der Waals surface area contributed by atoms with E-state index in [9.17, 15) is 9.59 Å². The molecule has 1 saturated heterocycles. The number of ether oxygens (including phenoxy) is 1. The summed E-state index contributed by atoms with van der Waals surface area (Å²) in [6.07, 6.45) is 3.27. The van der Waals surface area contributed by atoms with Gasteiger partial charge in [-0.05, 0) is 42.6 Å². The van der Waals surface area contributed by atoms with Gasteiger partial charge in [0.05, 0.1) is 23.3 Å². The van der Waals surface area contributed by atoms with Gasteiger partial charge in [0.25, 0.3) is 11.8 Å². The third kappa shape index (κ3) is 3.70. The lowest BCUT2D eigenvalue weighted by Crippen LogP contribution is -2.44. The summed E-state index contributed by atoms with van der Waals surface area (Å²) in [5.41, 5.74) is 3.48. The highest BCUT2D eigenvalue weighted by Gasteiger charge is 2.34. The number of rotatable bonds is 4. The van der Waals surface area contributed by atoms with Gasteiger partial charge < -0.3 is 4.74 Å². The molecule has 1 fully saturated rings. The van der Waals surface area contributed by atoms with Crippen LogP contribution in [0.15, 0.2) is 53.6 Å². The van der Waals surface area contributed by atoms with E-state index < -0.39 is 11.8 Å². The highest BCUT2D eigenvalue weighted by Crippen LogP contribution is 2.31. The molecule has 2 heterocycles. The number of nitrogens with one attached hydrogen (secondary N) is 1. The summed E-state index contributed by atoms with van der Waals surface area (Å²) in [6, 6.07) is 12.1. The van der Waals surface area contributed by atoms with Crippen LogP contribution in [0.2, 0.25) is 0 Å². The van der Waals surface area contributed by atoms with E-state index in [4.69, 9.17) is 17.0 Å². The number of thioether (sulfide) groups is 1. The maximum Gasteiger partial charge on any atom is 0.285 e. The van der Waals surface area contributed by atoms with Gasteiger partial charge in [0.2, 0.25) is 0 Å². The topological polar surface area (TPSA) is 71.5 Å². The lowest BCUT2D eigenvalue weighted by Gasteiger charge is -2.16. The monoisotopic (exact) mass is 371 g/mol. The second kappa shape index (κ2) is 7.45. The normalized spacial score (nSPS) is 15.6. The molecule has 0 bridgehead atoms. The van der Waals surface area contributed by atoms with Crippen molar-refractivity contribution in [2.24, 2.45) is 0 Å². The number of hydrogen-bond donors (Lipinski definition) is 1. The van der Waals surface area contributed by atoms with Crippen LogP contribution in [0.3, 0.4) is 0 Å². The van der Waals surface area contributed by atoms with Gasteiger partial charge in [-0.3, -0.25) is 20.0 Å². The molecule has 2 aromatic rings. The summed E-state index contributed by atoms with van der Waals surface area (Å²) in [7, 11) is 1.47. The van der Waals surface area contributed by atoms with E-state index in [2.05, 4.69) is 10.4 Å². The number of methoxy groups -OCH3 is 1. The van der Waals surface area contributed by atoms with Crippen LogP contribution >= 0.6 is 24.0 Å². The summed E-state index contributed by atoms with van der Waals surface area (Å²) in [5, 5.41) is 1.06. The predicted molar refractivity (Wildman–Crippen MR) is 99.7 cm³/mol. The summed E-state index contributed by atoms with van der Waals surface area (Å²) in [6.45, 7) is 0. The number of carbonyl (C=O) groups is 2. The molecule has 3 rings (SSSR count). The molecule has 126 valence electrons. The molecule has 8 heteroatoms. The van der Waals surface area contributed by atoms with E-state index in [1.807, 2.05) is 6.07 Å². The molecule has 2 amide bonds. The van der Waals surface area contributed by atoms with E-state index in [0.717, 1.165) is 16.8 Å². The fourth-order valence-corrected chi connectivity index (χ4v) is 3.32. The average Bonchev–Trinajstić information content (AvgIpc) is 2.90. The Bertz CT molecular complexity index is 868.